The molecule has 0 saturated heterocycles. The number of hydrogen-bond donors (Lipinski definition) is 1. The van der Waals surface area contributed by atoms with Crippen molar-refractivity contribution in [2.24, 2.45) is 4.99 Å². The number of methoxy groups -OCH3 is 1. The van der Waals surface area contributed by atoms with Gasteiger partial charge in [-0.2, -0.15) is 4.99 Å². The highest BCUT2D eigenvalue weighted by atomic mass is 35.5. The highest BCUT2D eigenvalue weighted by Crippen LogP contribution is 2.39. The van der Waals surface area contributed by atoms with Crippen molar-refractivity contribution in [2.75, 3.05) is 7.11 Å². The number of halogens is 1. The first-order chi connectivity index (χ1) is 13.3. The van der Waals surface area contributed by atoms with Crippen molar-refractivity contribution in [3.63, 3.8) is 0 Å². The number of benzene rings is 1. The van der Waals surface area contributed by atoms with Gasteiger partial charge in [-0.25, -0.2) is 0 Å². The van der Waals surface area contributed by atoms with E-state index in [1.807, 2.05) is 0 Å². The van der Waals surface area contributed by atoms with Crippen molar-refractivity contribution < 1.29 is 23.7 Å². The average Bonchev–Trinajstić information content (AvgIpc) is 3.21. The molecule has 0 fully saturated rings. The normalized spacial score (nSPS) is 14.9. The number of nitrogens with zero attached hydrogens (tertiary/aromatic N) is 2. The second-order valence-corrected chi connectivity index (χ2v) is 6.91. The molecule has 0 aliphatic carbocycles. The first-order valence-corrected chi connectivity index (χ1v) is 8.90. The smallest absolute Gasteiger partial charge is 0.291 e. The summed E-state index contributed by atoms with van der Waals surface area (Å²) in [5.74, 6) is 0.0817. The second kappa shape index (κ2) is 7.87. The van der Waals surface area contributed by atoms with Gasteiger partial charge in [0, 0.05) is 13.0 Å². The summed E-state index contributed by atoms with van der Waals surface area (Å²) in [5, 5.41) is 13.6. The lowest BCUT2D eigenvalue weighted by Crippen LogP contribution is -2.23. The Bertz CT molecular complexity index is 1060. The maximum Gasteiger partial charge on any atom is 0.291 e. The summed E-state index contributed by atoms with van der Waals surface area (Å²) >= 11 is 6.99. The molecule has 0 radical (unpaired) electrons. The molecule has 0 saturated carbocycles. The molecule has 1 N–H and O–H groups in total. The molecule has 1 aliphatic rings. The van der Waals surface area contributed by atoms with Gasteiger partial charge in [-0.05, 0) is 30.0 Å². The molecule has 11 heteroatoms. The molecule has 1 aromatic carbocycles. The van der Waals surface area contributed by atoms with Crippen LogP contribution in [-0.2, 0) is 9.59 Å². The third-order valence-electron chi connectivity index (χ3n) is 3.53. The Labute approximate surface area is 167 Å². The number of furan rings is 1. The van der Waals surface area contributed by atoms with Crippen LogP contribution in [0.3, 0.4) is 0 Å². The summed E-state index contributed by atoms with van der Waals surface area (Å²) in [6.45, 7) is 1.32. The highest BCUT2D eigenvalue weighted by molar-refractivity contribution is 8.18. The van der Waals surface area contributed by atoms with Crippen LogP contribution in [0.4, 0.5) is 5.69 Å². The number of nitrogens with one attached hydrogen (secondary N) is 1. The van der Waals surface area contributed by atoms with Gasteiger partial charge in [0.05, 0.1) is 28.6 Å². The topological polar surface area (TPSA) is 124 Å². The Hall–Kier alpha value is -3.11. The number of carbonyl (C=O) groups excluding carboxylic acids is 2. The number of nitro benzene ring substituents is 1. The van der Waals surface area contributed by atoms with Crippen LogP contribution < -0.4 is 10.1 Å². The minimum Gasteiger partial charge on any atom is -0.496 e. The monoisotopic (exact) mass is 421 g/mol. The fraction of sp³-hybridized carbons (Fsp3) is 0.118. The lowest BCUT2D eigenvalue weighted by molar-refractivity contribution is -0.384. The van der Waals surface area contributed by atoms with E-state index in [1.54, 1.807) is 12.1 Å². The van der Waals surface area contributed by atoms with Gasteiger partial charge in [-0.15, -0.1) is 0 Å². The molecule has 0 atom stereocenters. The van der Waals surface area contributed by atoms with Gasteiger partial charge in [-0.3, -0.25) is 19.7 Å². The predicted molar refractivity (Wildman–Crippen MR) is 104 cm³/mol. The van der Waals surface area contributed by atoms with Crippen LogP contribution >= 0.6 is 23.4 Å². The maximum atomic E-state index is 11.9. The summed E-state index contributed by atoms with van der Waals surface area (Å²) in [7, 11) is 1.37. The van der Waals surface area contributed by atoms with Crippen LogP contribution in [0.1, 0.15) is 12.7 Å². The SMILES string of the molecule is COc1cc([N+](=O)[O-])c(Cl)cc1-c1ccc(C=C2SC(NC(C)=O)=NC2=O)o1. The standard InChI is InChI=1S/C17H12ClN3O6S/c1-8(22)19-17-20-16(23)15(28-17)5-9-3-4-13(27-9)10-6-11(18)12(21(24)25)7-14(10)26-2/h3-7H,1-2H3,(H,19,20,22,23). The number of ether oxygens (including phenoxy) is 1. The molecule has 144 valence electrons. The zero-order chi connectivity index (χ0) is 20.4. The molecule has 2 amide bonds. The Kier molecular flexibility index (Phi) is 5.52. The molecule has 1 aromatic heterocycles. The number of hydrogen-bond acceptors (Lipinski definition) is 7. The summed E-state index contributed by atoms with van der Waals surface area (Å²) in [6.07, 6.45) is 1.48. The number of rotatable bonds is 4. The largest absolute Gasteiger partial charge is 0.496 e. The third-order valence-corrected chi connectivity index (χ3v) is 4.74. The van der Waals surface area contributed by atoms with Crippen molar-refractivity contribution in [1.29, 1.82) is 0 Å². The van der Waals surface area contributed by atoms with Crippen molar-refractivity contribution in [1.82, 2.24) is 5.32 Å². The van der Waals surface area contributed by atoms with Gasteiger partial charge in [0.1, 0.15) is 22.3 Å². The minimum atomic E-state index is -0.609. The van der Waals surface area contributed by atoms with Gasteiger partial charge in [0.2, 0.25) is 5.91 Å². The number of amidine groups is 1. The molecule has 2 aromatic rings. The van der Waals surface area contributed by atoms with E-state index < -0.39 is 10.8 Å². The van der Waals surface area contributed by atoms with Gasteiger partial charge in [0.15, 0.2) is 5.17 Å². The van der Waals surface area contributed by atoms with E-state index >= 15 is 0 Å². The van der Waals surface area contributed by atoms with E-state index in [2.05, 4.69) is 10.3 Å². The first-order valence-electron chi connectivity index (χ1n) is 7.70. The molecule has 2 heterocycles. The van der Waals surface area contributed by atoms with Gasteiger partial charge >= 0.3 is 0 Å². The zero-order valence-electron chi connectivity index (χ0n) is 14.5. The third kappa shape index (κ3) is 4.07. The van der Waals surface area contributed by atoms with Gasteiger partial charge in [0.25, 0.3) is 11.6 Å². The van der Waals surface area contributed by atoms with Gasteiger partial charge in [-0.1, -0.05) is 11.6 Å². The number of nitro groups is 1. The van der Waals surface area contributed by atoms with E-state index in [9.17, 15) is 19.7 Å². The Morgan fingerprint density at radius 3 is 2.82 bits per heavy atom. The Morgan fingerprint density at radius 2 is 2.18 bits per heavy atom. The summed E-state index contributed by atoms with van der Waals surface area (Å²) in [6, 6.07) is 5.82. The van der Waals surface area contributed by atoms with Crippen molar-refractivity contribution in [2.45, 2.75) is 6.92 Å². The number of aliphatic imine (C=N–C) groups is 1. The molecule has 9 nitrogen and oxygen atoms in total. The fourth-order valence-electron chi connectivity index (χ4n) is 2.36. The van der Waals surface area contributed by atoms with E-state index in [-0.39, 0.29) is 32.4 Å². The minimum absolute atomic E-state index is 0.0630. The molecule has 28 heavy (non-hydrogen) atoms. The molecule has 1 aliphatic heterocycles. The molecule has 0 bridgehead atoms. The van der Waals surface area contributed by atoms with Crippen molar-refractivity contribution in [3.8, 4) is 17.1 Å². The molecular weight excluding hydrogens is 410 g/mol. The maximum absolute atomic E-state index is 11.9. The van der Waals surface area contributed by atoms with E-state index in [1.165, 1.54) is 32.2 Å². The summed E-state index contributed by atoms with van der Waals surface area (Å²) in [5.41, 5.74) is 0.134. The summed E-state index contributed by atoms with van der Waals surface area (Å²) in [4.78, 5) is 37.4. The predicted octanol–water partition coefficient (Wildman–Crippen LogP) is 3.62. The Balaban J connectivity index is 1.89. The molecule has 0 spiro atoms. The fourth-order valence-corrected chi connectivity index (χ4v) is 3.43. The zero-order valence-corrected chi connectivity index (χ0v) is 16.1. The van der Waals surface area contributed by atoms with Crippen LogP contribution in [0.15, 0.2) is 38.6 Å². The Morgan fingerprint density at radius 1 is 1.43 bits per heavy atom. The van der Waals surface area contributed by atoms with Crippen LogP contribution in [0, 0.1) is 10.1 Å². The molecule has 3 rings (SSSR count). The van der Waals surface area contributed by atoms with Crippen molar-refractivity contribution >= 4 is 52.1 Å². The van der Waals surface area contributed by atoms with Crippen molar-refractivity contribution in [3.05, 3.63) is 50.1 Å². The number of carbonyl (C=O) groups is 2. The number of amides is 2. The highest BCUT2D eigenvalue weighted by Gasteiger charge is 2.24. The number of thioether (sulfide) groups is 1. The van der Waals surface area contributed by atoms with E-state index in [4.69, 9.17) is 20.8 Å². The quantitative estimate of drug-likeness (QED) is 0.454. The van der Waals surface area contributed by atoms with E-state index in [0.29, 0.717) is 17.1 Å². The van der Waals surface area contributed by atoms with Gasteiger partial charge < -0.3 is 14.5 Å². The van der Waals surface area contributed by atoms with Crippen LogP contribution in [0.5, 0.6) is 5.75 Å². The second-order valence-electron chi connectivity index (χ2n) is 5.48. The average molecular weight is 422 g/mol. The van der Waals surface area contributed by atoms with Crippen LogP contribution in [-0.4, -0.2) is 29.0 Å². The first kappa shape index (κ1) is 19.6. The molecule has 0 unspecified atom stereocenters. The lowest BCUT2D eigenvalue weighted by atomic mass is 10.1. The lowest BCUT2D eigenvalue weighted by Gasteiger charge is -2.07. The van der Waals surface area contributed by atoms with Crippen LogP contribution in [0.2, 0.25) is 5.02 Å². The van der Waals surface area contributed by atoms with E-state index in [0.717, 1.165) is 11.8 Å². The summed E-state index contributed by atoms with van der Waals surface area (Å²) < 4.78 is 10.9. The van der Waals surface area contributed by atoms with Crippen LogP contribution in [0.25, 0.3) is 17.4 Å². The molecular formula is C17H12ClN3O6S.